The lowest BCUT2D eigenvalue weighted by atomic mass is 10.2. The number of anilines is 2. The third-order valence-electron chi connectivity index (χ3n) is 5.41. The fraction of sp³-hybridized carbons (Fsp3) is 0.333. The number of fused-ring (bicyclic) bond motifs is 2. The lowest BCUT2D eigenvalue weighted by Crippen LogP contribution is -2.45. The molecule has 0 spiro atoms. The Morgan fingerprint density at radius 3 is 2.21 bits per heavy atom. The zero-order chi connectivity index (χ0) is 23.8. The quantitative estimate of drug-likeness (QED) is 0.524. The molecule has 2 aromatic rings. The molecule has 4 rings (SSSR count). The molecular formula is C24H29Cl2N3O4S. The molecule has 34 heavy (non-hydrogen) atoms. The smallest absolute Gasteiger partial charge is 0.328 e. The Morgan fingerprint density at radius 2 is 1.56 bits per heavy atom. The normalized spacial score (nSPS) is 15.5. The van der Waals surface area contributed by atoms with Gasteiger partial charge in [0.2, 0.25) is 0 Å². The van der Waals surface area contributed by atoms with Crippen LogP contribution in [0.3, 0.4) is 0 Å². The predicted octanol–water partition coefficient (Wildman–Crippen LogP) is 4.71. The maximum absolute atomic E-state index is 9.55. The van der Waals surface area contributed by atoms with Crippen LogP contribution < -0.4 is 4.90 Å². The molecule has 1 saturated heterocycles. The molecule has 2 aliphatic rings. The van der Waals surface area contributed by atoms with Gasteiger partial charge in [0.25, 0.3) is 0 Å². The zero-order valence-corrected chi connectivity index (χ0v) is 21.3. The molecule has 2 aliphatic heterocycles. The van der Waals surface area contributed by atoms with Gasteiger partial charge in [-0.1, -0.05) is 35.5 Å². The Labute approximate surface area is 215 Å². The SMILES string of the molecule is CN1CCN(CCCN2c3ccccc3Sc3ccc(Cl)cc32)CC1.Cl.O=C(O)/C=C\C(=O)O. The van der Waals surface area contributed by atoms with Crippen LogP contribution in [0.25, 0.3) is 0 Å². The van der Waals surface area contributed by atoms with E-state index in [2.05, 4.69) is 58.1 Å². The van der Waals surface area contributed by atoms with E-state index in [0.717, 1.165) is 24.5 Å². The number of carbonyl (C=O) groups is 2. The van der Waals surface area contributed by atoms with Crippen molar-refractivity contribution in [1.82, 2.24) is 9.80 Å². The molecule has 7 nitrogen and oxygen atoms in total. The van der Waals surface area contributed by atoms with Crippen LogP contribution in [0.15, 0.2) is 64.4 Å². The standard InChI is InChI=1S/C20H24ClN3S.C4H4O4.ClH/c1-22-11-13-23(14-12-22)9-4-10-24-17-5-2-3-6-19(17)25-20-8-7-16(21)15-18(20)24;5-3(6)1-2-4(7)8;/h2-3,5-8,15H,4,9-14H2,1H3;1-2H,(H,5,6)(H,7,8);1H/b;2-1-;. The number of carboxylic acid groups (broad SMARTS) is 2. The summed E-state index contributed by atoms with van der Waals surface area (Å²) in [4.78, 5) is 29.2. The molecule has 1 fully saturated rings. The number of halogens is 2. The summed E-state index contributed by atoms with van der Waals surface area (Å²) in [5.41, 5.74) is 2.55. The van der Waals surface area contributed by atoms with Crippen molar-refractivity contribution in [2.45, 2.75) is 16.2 Å². The lowest BCUT2D eigenvalue weighted by molar-refractivity contribution is -0.134. The van der Waals surface area contributed by atoms with Gasteiger partial charge in [0, 0.05) is 59.7 Å². The minimum absolute atomic E-state index is 0. The second-order valence-electron chi connectivity index (χ2n) is 7.84. The molecule has 0 aromatic heterocycles. The van der Waals surface area contributed by atoms with Crippen LogP contribution in [-0.4, -0.2) is 78.3 Å². The Balaban J connectivity index is 0.000000394. The van der Waals surface area contributed by atoms with Gasteiger partial charge in [0.15, 0.2) is 0 Å². The van der Waals surface area contributed by atoms with E-state index in [4.69, 9.17) is 21.8 Å². The zero-order valence-electron chi connectivity index (χ0n) is 18.9. The molecule has 0 unspecified atom stereocenters. The molecule has 0 saturated carbocycles. The van der Waals surface area contributed by atoms with Gasteiger partial charge in [0.1, 0.15) is 0 Å². The molecule has 2 N–H and O–H groups in total. The number of rotatable bonds is 6. The number of hydrogen-bond donors (Lipinski definition) is 2. The molecule has 0 amide bonds. The molecular weight excluding hydrogens is 497 g/mol. The summed E-state index contributed by atoms with van der Waals surface area (Å²) in [6, 6.07) is 14.9. The number of aliphatic carboxylic acids is 2. The summed E-state index contributed by atoms with van der Waals surface area (Å²) in [6.07, 6.45) is 2.28. The highest BCUT2D eigenvalue weighted by molar-refractivity contribution is 7.99. The minimum atomic E-state index is -1.26. The first-order valence-electron chi connectivity index (χ1n) is 10.7. The lowest BCUT2D eigenvalue weighted by Gasteiger charge is -2.35. The first-order chi connectivity index (χ1) is 15.8. The molecule has 184 valence electrons. The first kappa shape index (κ1) is 28.0. The van der Waals surface area contributed by atoms with Crippen LogP contribution in [0.4, 0.5) is 11.4 Å². The second-order valence-corrected chi connectivity index (χ2v) is 9.36. The van der Waals surface area contributed by atoms with Gasteiger partial charge in [-0.25, -0.2) is 9.59 Å². The molecule has 0 aliphatic carbocycles. The van der Waals surface area contributed by atoms with Crippen molar-refractivity contribution in [3.63, 3.8) is 0 Å². The van der Waals surface area contributed by atoms with Gasteiger partial charge in [0.05, 0.1) is 11.4 Å². The van der Waals surface area contributed by atoms with Gasteiger partial charge >= 0.3 is 11.9 Å². The third-order valence-corrected chi connectivity index (χ3v) is 6.77. The summed E-state index contributed by atoms with van der Waals surface area (Å²) in [6.45, 7) is 6.92. The van der Waals surface area contributed by atoms with Gasteiger partial charge in [-0.15, -0.1) is 12.4 Å². The van der Waals surface area contributed by atoms with Crippen molar-refractivity contribution in [2.24, 2.45) is 0 Å². The molecule has 0 atom stereocenters. The molecule has 2 heterocycles. The van der Waals surface area contributed by atoms with Gasteiger partial charge in [-0.05, 0) is 50.3 Å². The van der Waals surface area contributed by atoms with E-state index >= 15 is 0 Å². The molecule has 0 bridgehead atoms. The molecule has 0 radical (unpaired) electrons. The molecule has 2 aromatic carbocycles. The Kier molecular flexibility index (Phi) is 11.2. The van der Waals surface area contributed by atoms with Gasteiger partial charge in [-0.2, -0.15) is 0 Å². The van der Waals surface area contributed by atoms with E-state index in [1.54, 1.807) is 0 Å². The van der Waals surface area contributed by atoms with Crippen molar-refractivity contribution in [3.8, 4) is 0 Å². The van der Waals surface area contributed by atoms with E-state index in [9.17, 15) is 9.59 Å². The minimum Gasteiger partial charge on any atom is -0.478 e. The van der Waals surface area contributed by atoms with E-state index in [1.165, 1.54) is 47.3 Å². The van der Waals surface area contributed by atoms with Crippen LogP contribution in [-0.2, 0) is 9.59 Å². The van der Waals surface area contributed by atoms with Crippen molar-refractivity contribution >= 4 is 59.1 Å². The van der Waals surface area contributed by atoms with E-state index < -0.39 is 11.9 Å². The number of carboxylic acids is 2. The van der Waals surface area contributed by atoms with E-state index in [-0.39, 0.29) is 12.4 Å². The summed E-state index contributed by atoms with van der Waals surface area (Å²) in [5.74, 6) is -2.51. The number of piperazine rings is 1. The summed E-state index contributed by atoms with van der Waals surface area (Å²) < 4.78 is 0. The second kappa shape index (κ2) is 13.6. The fourth-order valence-corrected chi connectivity index (χ4v) is 4.95. The maximum atomic E-state index is 9.55. The third kappa shape index (κ3) is 8.21. The van der Waals surface area contributed by atoms with Gasteiger partial charge in [-0.3, -0.25) is 0 Å². The maximum Gasteiger partial charge on any atom is 0.328 e. The van der Waals surface area contributed by atoms with Crippen molar-refractivity contribution in [3.05, 3.63) is 59.6 Å². The van der Waals surface area contributed by atoms with Crippen LogP contribution in [0.1, 0.15) is 6.42 Å². The van der Waals surface area contributed by atoms with Crippen molar-refractivity contribution < 1.29 is 19.8 Å². The van der Waals surface area contributed by atoms with Crippen LogP contribution >= 0.6 is 35.8 Å². The largest absolute Gasteiger partial charge is 0.478 e. The highest BCUT2D eigenvalue weighted by Gasteiger charge is 2.23. The monoisotopic (exact) mass is 525 g/mol. The van der Waals surface area contributed by atoms with E-state index in [0.29, 0.717) is 12.2 Å². The summed E-state index contributed by atoms with van der Waals surface area (Å²) in [7, 11) is 2.21. The number of nitrogens with zero attached hydrogens (tertiary/aromatic N) is 3. The fourth-order valence-electron chi connectivity index (χ4n) is 3.71. The highest BCUT2D eigenvalue weighted by atomic mass is 35.5. The Hall–Kier alpha value is -2.23. The van der Waals surface area contributed by atoms with E-state index in [1.807, 2.05) is 17.8 Å². The van der Waals surface area contributed by atoms with Gasteiger partial charge < -0.3 is 24.9 Å². The summed E-state index contributed by atoms with van der Waals surface area (Å²) >= 11 is 8.13. The number of likely N-dealkylation sites (N-methyl/N-ethyl adjacent to an activating group) is 1. The topological polar surface area (TPSA) is 84.3 Å². The van der Waals surface area contributed by atoms with Crippen LogP contribution in [0.5, 0.6) is 0 Å². The average molecular weight is 526 g/mol. The highest BCUT2D eigenvalue weighted by Crippen LogP contribution is 2.48. The van der Waals surface area contributed by atoms with Crippen molar-refractivity contribution in [1.29, 1.82) is 0 Å². The number of hydrogen-bond acceptors (Lipinski definition) is 6. The van der Waals surface area contributed by atoms with Crippen LogP contribution in [0.2, 0.25) is 5.02 Å². The van der Waals surface area contributed by atoms with Crippen LogP contribution in [0, 0.1) is 0 Å². The Bertz CT molecular complexity index is 997. The first-order valence-corrected chi connectivity index (χ1v) is 11.9. The van der Waals surface area contributed by atoms with Crippen molar-refractivity contribution in [2.75, 3.05) is 51.2 Å². The average Bonchev–Trinajstić information content (AvgIpc) is 2.79. The predicted molar refractivity (Wildman–Crippen MR) is 139 cm³/mol. The number of para-hydroxylation sites is 1. The summed E-state index contributed by atoms with van der Waals surface area (Å²) in [5, 5.41) is 16.4. The number of benzene rings is 2. The molecule has 10 heteroatoms. The Morgan fingerprint density at radius 1 is 0.941 bits per heavy atom.